The van der Waals surface area contributed by atoms with Crippen LogP contribution in [0.25, 0.3) is 28.2 Å². The fraction of sp³-hybridized carbons (Fsp3) is 0.370. The van der Waals surface area contributed by atoms with Gasteiger partial charge in [0, 0.05) is 23.5 Å². The number of carboxylic acid groups (broad SMARTS) is 1. The molecule has 1 aliphatic rings. The second-order valence-electron chi connectivity index (χ2n) is 9.80. The Hall–Kier alpha value is -4.01. The number of benzene rings is 1. The number of rotatable bonds is 6. The van der Waals surface area contributed by atoms with Crippen LogP contribution in [0.3, 0.4) is 0 Å². The third-order valence-corrected chi connectivity index (χ3v) is 6.84. The molecule has 36 heavy (non-hydrogen) atoms. The fourth-order valence-electron chi connectivity index (χ4n) is 4.81. The predicted octanol–water partition coefficient (Wildman–Crippen LogP) is 5.34. The summed E-state index contributed by atoms with van der Waals surface area (Å²) >= 11 is 0. The number of aromatic carboxylic acids is 1. The maximum absolute atomic E-state index is 13.5. The number of aromatic nitrogens is 4. The van der Waals surface area contributed by atoms with Gasteiger partial charge in [0.15, 0.2) is 17.4 Å². The molecule has 1 N–H and O–H groups in total. The average Bonchev–Trinajstić information content (AvgIpc) is 3.49. The molecule has 3 heterocycles. The first-order chi connectivity index (χ1) is 17.3. The van der Waals surface area contributed by atoms with E-state index in [4.69, 9.17) is 4.42 Å². The Kier molecular flexibility index (Phi) is 6.30. The van der Waals surface area contributed by atoms with Gasteiger partial charge in [0.25, 0.3) is 0 Å². The van der Waals surface area contributed by atoms with E-state index in [2.05, 4.69) is 22.2 Å². The summed E-state index contributed by atoms with van der Waals surface area (Å²) in [6.45, 7) is 5.94. The van der Waals surface area contributed by atoms with E-state index in [-0.39, 0.29) is 29.2 Å². The van der Waals surface area contributed by atoms with E-state index in [9.17, 15) is 14.7 Å². The molecular weight excluding hydrogens is 458 g/mol. The van der Waals surface area contributed by atoms with Crippen LogP contribution in [-0.2, 0) is 4.79 Å². The second kappa shape index (κ2) is 9.56. The molecule has 1 aliphatic carbocycles. The minimum atomic E-state index is -1.15. The molecule has 3 aromatic heterocycles. The monoisotopic (exact) mass is 487 g/mol. The van der Waals surface area contributed by atoms with Gasteiger partial charge in [-0.1, -0.05) is 25.1 Å². The molecule has 0 aliphatic heterocycles. The molecule has 0 spiro atoms. The van der Waals surface area contributed by atoms with Gasteiger partial charge in [0.2, 0.25) is 5.91 Å². The van der Waals surface area contributed by atoms with Crippen molar-refractivity contribution >= 4 is 28.7 Å². The summed E-state index contributed by atoms with van der Waals surface area (Å²) in [7, 11) is 0. The normalized spacial score (nSPS) is 18.0. The third kappa shape index (κ3) is 4.48. The topological polar surface area (TPSA) is 114 Å². The first-order valence-corrected chi connectivity index (χ1v) is 12.3. The van der Waals surface area contributed by atoms with Crippen molar-refractivity contribution in [2.45, 2.75) is 52.5 Å². The lowest BCUT2D eigenvalue weighted by atomic mass is 9.82. The smallest absolute Gasteiger partial charge is 0.341 e. The summed E-state index contributed by atoms with van der Waals surface area (Å²) in [4.78, 5) is 27.1. The second-order valence-corrected chi connectivity index (χ2v) is 9.80. The summed E-state index contributed by atoms with van der Waals surface area (Å²) in [6, 6.07) is 12.8. The van der Waals surface area contributed by atoms with Gasteiger partial charge in [0.05, 0.1) is 0 Å². The molecule has 0 bridgehead atoms. The van der Waals surface area contributed by atoms with Crippen LogP contribution in [0.15, 0.2) is 53.1 Å². The maximum Gasteiger partial charge on any atom is 0.341 e. The first kappa shape index (κ1) is 23.7. The lowest BCUT2D eigenvalue weighted by Gasteiger charge is -2.32. The number of carbonyl (C=O) groups is 2. The number of carbonyl (C=O) groups excluding carboxylic acids is 1. The van der Waals surface area contributed by atoms with Crippen molar-refractivity contribution in [1.82, 2.24) is 20.0 Å². The molecule has 1 amide bonds. The van der Waals surface area contributed by atoms with Crippen LogP contribution in [0, 0.1) is 11.8 Å². The number of hydrogen-bond donors (Lipinski definition) is 1. The number of furan rings is 1. The average molecular weight is 488 g/mol. The zero-order chi connectivity index (χ0) is 25.4. The fourth-order valence-corrected chi connectivity index (χ4v) is 4.81. The van der Waals surface area contributed by atoms with E-state index in [1.165, 1.54) is 15.8 Å². The highest BCUT2D eigenvalue weighted by Gasteiger charge is 2.34. The highest BCUT2D eigenvalue weighted by molar-refractivity contribution is 6.01. The highest BCUT2D eigenvalue weighted by Crippen LogP contribution is 2.33. The maximum atomic E-state index is 13.5. The van der Waals surface area contributed by atoms with Gasteiger partial charge in [0.1, 0.15) is 16.8 Å². The SMILES string of the molecule is CC1CCC(C(=O)N(c2nn(-c3ccc(-c4cc5ccccc5o4)nn3)cc2C(=O)O)C(C)C)CC1. The molecule has 0 radical (unpaired) electrons. The number of nitrogens with zero attached hydrogens (tertiary/aromatic N) is 5. The van der Waals surface area contributed by atoms with E-state index in [1.807, 2.05) is 44.2 Å². The standard InChI is InChI=1S/C27H29N5O4/c1-16(2)32(26(33)18-10-8-17(3)9-11-18)25-20(27(34)35)15-31(30-25)24-13-12-21(28-29-24)23-14-19-6-4-5-7-22(19)36-23/h4-7,12-18H,8-11H2,1-3H3,(H,34,35). The van der Waals surface area contributed by atoms with Gasteiger partial charge in [-0.05, 0) is 69.7 Å². The molecule has 9 nitrogen and oxygen atoms in total. The zero-order valence-corrected chi connectivity index (χ0v) is 20.6. The number of fused-ring (bicyclic) bond motifs is 1. The van der Waals surface area contributed by atoms with Gasteiger partial charge in [-0.2, -0.15) is 0 Å². The van der Waals surface area contributed by atoms with E-state index >= 15 is 0 Å². The number of hydrogen-bond acceptors (Lipinski definition) is 6. The number of para-hydroxylation sites is 1. The van der Waals surface area contributed by atoms with E-state index in [0.29, 0.717) is 23.2 Å². The lowest BCUT2D eigenvalue weighted by molar-refractivity contribution is -0.124. The van der Waals surface area contributed by atoms with E-state index in [0.717, 1.165) is 36.7 Å². The Morgan fingerprint density at radius 1 is 1.08 bits per heavy atom. The van der Waals surface area contributed by atoms with Crippen molar-refractivity contribution in [1.29, 1.82) is 0 Å². The Morgan fingerprint density at radius 3 is 2.47 bits per heavy atom. The molecule has 186 valence electrons. The molecule has 0 unspecified atom stereocenters. The van der Waals surface area contributed by atoms with E-state index in [1.54, 1.807) is 12.1 Å². The molecule has 1 aromatic carbocycles. The first-order valence-electron chi connectivity index (χ1n) is 12.3. The summed E-state index contributed by atoms with van der Waals surface area (Å²) in [5.41, 5.74) is 1.25. The Labute approximate surface area is 208 Å². The van der Waals surface area contributed by atoms with Crippen molar-refractivity contribution in [3.8, 4) is 17.3 Å². The van der Waals surface area contributed by atoms with Gasteiger partial charge in [-0.25, -0.2) is 9.48 Å². The van der Waals surface area contributed by atoms with Crippen LogP contribution >= 0.6 is 0 Å². The van der Waals surface area contributed by atoms with Crippen LogP contribution < -0.4 is 4.90 Å². The zero-order valence-electron chi connectivity index (χ0n) is 20.6. The molecule has 5 rings (SSSR count). The molecule has 1 fully saturated rings. The Bertz CT molecular complexity index is 1360. The van der Waals surface area contributed by atoms with Crippen molar-refractivity contribution in [3.63, 3.8) is 0 Å². The Balaban J connectivity index is 1.46. The van der Waals surface area contributed by atoms with Crippen LogP contribution in [-0.4, -0.2) is 43.0 Å². The largest absolute Gasteiger partial charge is 0.477 e. The van der Waals surface area contributed by atoms with Crippen LogP contribution in [0.1, 0.15) is 56.8 Å². The molecular formula is C27H29N5O4. The van der Waals surface area contributed by atoms with Gasteiger partial charge < -0.3 is 9.52 Å². The number of amides is 1. The van der Waals surface area contributed by atoms with E-state index < -0.39 is 5.97 Å². The summed E-state index contributed by atoms with van der Waals surface area (Å²) in [5, 5.41) is 23.9. The Morgan fingerprint density at radius 2 is 1.83 bits per heavy atom. The van der Waals surface area contributed by atoms with Crippen LogP contribution in [0.4, 0.5) is 5.82 Å². The highest BCUT2D eigenvalue weighted by atomic mass is 16.4. The molecule has 0 atom stereocenters. The van der Waals surface area contributed by atoms with Gasteiger partial charge in [-0.3, -0.25) is 9.69 Å². The summed E-state index contributed by atoms with van der Waals surface area (Å²) < 4.78 is 7.22. The molecule has 0 saturated heterocycles. The molecule has 4 aromatic rings. The van der Waals surface area contributed by atoms with Crippen molar-refractivity contribution < 1.29 is 19.1 Å². The lowest BCUT2D eigenvalue weighted by Crippen LogP contribution is -2.43. The number of anilines is 1. The quantitative estimate of drug-likeness (QED) is 0.390. The van der Waals surface area contributed by atoms with Crippen molar-refractivity contribution in [3.05, 3.63) is 54.2 Å². The molecule has 1 saturated carbocycles. The molecule has 9 heteroatoms. The minimum absolute atomic E-state index is 0.0515. The van der Waals surface area contributed by atoms with Crippen molar-refractivity contribution in [2.75, 3.05) is 4.90 Å². The van der Waals surface area contributed by atoms with Gasteiger partial charge >= 0.3 is 5.97 Å². The summed E-state index contributed by atoms with van der Waals surface area (Å²) in [6.07, 6.45) is 4.99. The van der Waals surface area contributed by atoms with Crippen LogP contribution in [0.2, 0.25) is 0 Å². The minimum Gasteiger partial charge on any atom is -0.477 e. The third-order valence-electron chi connectivity index (χ3n) is 6.84. The number of carboxylic acids is 1. The van der Waals surface area contributed by atoms with Crippen LogP contribution in [0.5, 0.6) is 0 Å². The van der Waals surface area contributed by atoms with Crippen molar-refractivity contribution in [2.24, 2.45) is 11.8 Å². The summed E-state index contributed by atoms with van der Waals surface area (Å²) in [5.74, 6) is 0.307. The van der Waals surface area contributed by atoms with Gasteiger partial charge in [-0.15, -0.1) is 15.3 Å². The predicted molar refractivity (Wildman–Crippen MR) is 135 cm³/mol.